The van der Waals surface area contributed by atoms with Gasteiger partial charge in [0.05, 0.1) is 12.1 Å². The van der Waals surface area contributed by atoms with Crippen LogP contribution in [0.1, 0.15) is 16.7 Å². The zero-order chi connectivity index (χ0) is 14.7. The van der Waals surface area contributed by atoms with Crippen LogP contribution in [0.25, 0.3) is 0 Å². The first-order valence-electron chi connectivity index (χ1n) is 6.30. The Balaban J connectivity index is 2.23. The maximum absolute atomic E-state index is 10.7. The SMILES string of the molecule is Cc1ccc(Nc2ccc(CC(=O)O)cc2C)c(Br)c1. The second-order valence-electron chi connectivity index (χ2n) is 4.83. The lowest BCUT2D eigenvalue weighted by Gasteiger charge is -2.12. The summed E-state index contributed by atoms with van der Waals surface area (Å²) >= 11 is 3.54. The molecule has 0 amide bonds. The van der Waals surface area contributed by atoms with Crippen LogP contribution in [0.2, 0.25) is 0 Å². The molecule has 0 saturated heterocycles. The van der Waals surface area contributed by atoms with E-state index in [0.717, 1.165) is 27.0 Å². The van der Waals surface area contributed by atoms with Crippen LogP contribution in [-0.2, 0) is 11.2 Å². The smallest absolute Gasteiger partial charge is 0.307 e. The fourth-order valence-corrected chi connectivity index (χ4v) is 2.61. The van der Waals surface area contributed by atoms with Gasteiger partial charge in [-0.05, 0) is 64.7 Å². The standard InChI is InChI=1S/C16H16BrNO2/c1-10-3-5-15(13(17)7-10)18-14-6-4-12(8-11(14)2)9-16(19)20/h3-8,18H,9H2,1-2H3,(H,19,20). The summed E-state index contributed by atoms with van der Waals surface area (Å²) in [5.74, 6) is -0.814. The Morgan fingerprint density at radius 3 is 2.45 bits per heavy atom. The van der Waals surface area contributed by atoms with Gasteiger partial charge in [0, 0.05) is 10.2 Å². The molecule has 2 aromatic rings. The molecule has 104 valence electrons. The first-order valence-corrected chi connectivity index (χ1v) is 7.09. The Bertz CT molecular complexity index is 653. The molecule has 0 atom stereocenters. The fourth-order valence-electron chi connectivity index (χ4n) is 2.02. The lowest BCUT2D eigenvalue weighted by molar-refractivity contribution is -0.136. The number of nitrogens with one attached hydrogen (secondary N) is 1. The monoisotopic (exact) mass is 333 g/mol. The zero-order valence-corrected chi connectivity index (χ0v) is 13.0. The van der Waals surface area contributed by atoms with E-state index < -0.39 is 5.97 Å². The van der Waals surface area contributed by atoms with Gasteiger partial charge in [-0.1, -0.05) is 18.2 Å². The average molecular weight is 334 g/mol. The molecule has 0 aliphatic carbocycles. The molecule has 2 N–H and O–H groups in total. The molecule has 2 rings (SSSR count). The first kappa shape index (κ1) is 14.6. The van der Waals surface area contributed by atoms with Crippen LogP contribution >= 0.6 is 15.9 Å². The molecule has 0 heterocycles. The Labute approximate surface area is 126 Å². The molecule has 0 bridgehead atoms. The second kappa shape index (κ2) is 6.09. The number of aryl methyl sites for hydroxylation is 2. The number of carboxylic acids is 1. The topological polar surface area (TPSA) is 49.3 Å². The third-order valence-electron chi connectivity index (χ3n) is 3.04. The third kappa shape index (κ3) is 3.61. The highest BCUT2D eigenvalue weighted by Crippen LogP contribution is 2.28. The first-order chi connectivity index (χ1) is 9.45. The predicted octanol–water partition coefficient (Wildman–Crippen LogP) is 4.44. The number of rotatable bonds is 4. The zero-order valence-electron chi connectivity index (χ0n) is 11.4. The largest absolute Gasteiger partial charge is 0.481 e. The van der Waals surface area contributed by atoms with E-state index in [-0.39, 0.29) is 6.42 Å². The quantitative estimate of drug-likeness (QED) is 0.869. The van der Waals surface area contributed by atoms with E-state index >= 15 is 0 Å². The van der Waals surface area contributed by atoms with Crippen LogP contribution in [0.4, 0.5) is 11.4 Å². The number of hydrogen-bond acceptors (Lipinski definition) is 2. The van der Waals surface area contributed by atoms with E-state index in [1.54, 1.807) is 0 Å². The van der Waals surface area contributed by atoms with Crippen molar-refractivity contribution in [2.75, 3.05) is 5.32 Å². The minimum Gasteiger partial charge on any atom is -0.481 e. The van der Waals surface area contributed by atoms with E-state index in [2.05, 4.69) is 27.3 Å². The van der Waals surface area contributed by atoms with Crippen LogP contribution in [0.5, 0.6) is 0 Å². The van der Waals surface area contributed by atoms with Crippen LogP contribution in [0, 0.1) is 13.8 Å². The van der Waals surface area contributed by atoms with E-state index in [1.807, 2.05) is 44.2 Å². The van der Waals surface area contributed by atoms with Gasteiger partial charge in [0.15, 0.2) is 0 Å². The van der Waals surface area contributed by atoms with Crippen molar-refractivity contribution >= 4 is 33.3 Å². The maximum atomic E-state index is 10.7. The molecule has 0 unspecified atom stereocenters. The summed E-state index contributed by atoms with van der Waals surface area (Å²) in [7, 11) is 0. The second-order valence-corrected chi connectivity index (χ2v) is 5.68. The maximum Gasteiger partial charge on any atom is 0.307 e. The lowest BCUT2D eigenvalue weighted by Crippen LogP contribution is -2.01. The Morgan fingerprint density at radius 2 is 1.85 bits per heavy atom. The van der Waals surface area contributed by atoms with Crippen molar-refractivity contribution in [1.82, 2.24) is 0 Å². The minimum atomic E-state index is -0.814. The van der Waals surface area contributed by atoms with Crippen molar-refractivity contribution in [3.8, 4) is 0 Å². The van der Waals surface area contributed by atoms with Gasteiger partial charge in [-0.25, -0.2) is 0 Å². The van der Waals surface area contributed by atoms with Gasteiger partial charge in [-0.2, -0.15) is 0 Å². The van der Waals surface area contributed by atoms with Crippen molar-refractivity contribution in [2.24, 2.45) is 0 Å². The van der Waals surface area contributed by atoms with E-state index in [4.69, 9.17) is 5.11 Å². The molecule has 0 fully saturated rings. The molecule has 3 nitrogen and oxygen atoms in total. The predicted molar refractivity (Wildman–Crippen MR) is 84.7 cm³/mol. The van der Waals surface area contributed by atoms with Gasteiger partial charge in [0.1, 0.15) is 0 Å². The molecule has 0 aromatic heterocycles. The van der Waals surface area contributed by atoms with Gasteiger partial charge >= 0.3 is 5.97 Å². The molecular formula is C16H16BrNO2. The average Bonchev–Trinajstić information content (AvgIpc) is 2.34. The van der Waals surface area contributed by atoms with Crippen LogP contribution in [0.15, 0.2) is 40.9 Å². The molecule has 0 radical (unpaired) electrons. The highest BCUT2D eigenvalue weighted by Gasteiger charge is 2.06. The van der Waals surface area contributed by atoms with Crippen molar-refractivity contribution in [1.29, 1.82) is 0 Å². The number of halogens is 1. The highest BCUT2D eigenvalue weighted by molar-refractivity contribution is 9.10. The summed E-state index contributed by atoms with van der Waals surface area (Å²) in [6.07, 6.45) is 0.0509. The number of hydrogen-bond donors (Lipinski definition) is 2. The summed E-state index contributed by atoms with van der Waals surface area (Å²) < 4.78 is 1.01. The molecule has 0 aliphatic heterocycles. The molecule has 2 aromatic carbocycles. The van der Waals surface area contributed by atoms with Gasteiger partial charge < -0.3 is 10.4 Å². The highest BCUT2D eigenvalue weighted by atomic mass is 79.9. The Morgan fingerprint density at radius 1 is 1.15 bits per heavy atom. The third-order valence-corrected chi connectivity index (χ3v) is 3.70. The van der Waals surface area contributed by atoms with Gasteiger partial charge in [0.25, 0.3) is 0 Å². The molecule has 0 saturated carbocycles. The number of benzene rings is 2. The minimum absolute atomic E-state index is 0.0509. The van der Waals surface area contributed by atoms with Crippen LogP contribution in [-0.4, -0.2) is 11.1 Å². The van der Waals surface area contributed by atoms with E-state index in [1.165, 1.54) is 5.56 Å². The van der Waals surface area contributed by atoms with Crippen LogP contribution in [0.3, 0.4) is 0 Å². The van der Waals surface area contributed by atoms with Crippen LogP contribution < -0.4 is 5.32 Å². The number of carbonyl (C=O) groups is 1. The fraction of sp³-hybridized carbons (Fsp3) is 0.188. The number of carboxylic acid groups (broad SMARTS) is 1. The van der Waals surface area contributed by atoms with Crippen molar-refractivity contribution in [3.05, 3.63) is 57.6 Å². The summed E-state index contributed by atoms with van der Waals surface area (Å²) in [6, 6.07) is 11.8. The lowest BCUT2D eigenvalue weighted by atomic mass is 10.1. The normalized spacial score (nSPS) is 10.3. The number of aliphatic carboxylic acids is 1. The van der Waals surface area contributed by atoms with Gasteiger partial charge in [-0.3, -0.25) is 4.79 Å². The summed E-state index contributed by atoms with van der Waals surface area (Å²) in [6.45, 7) is 4.01. The molecule has 20 heavy (non-hydrogen) atoms. The summed E-state index contributed by atoms with van der Waals surface area (Å²) in [5.41, 5.74) is 4.99. The Hall–Kier alpha value is -1.81. The molecule has 4 heteroatoms. The summed E-state index contributed by atoms with van der Waals surface area (Å²) in [4.78, 5) is 10.7. The van der Waals surface area contributed by atoms with Gasteiger partial charge in [0.2, 0.25) is 0 Å². The van der Waals surface area contributed by atoms with E-state index in [9.17, 15) is 4.79 Å². The summed E-state index contributed by atoms with van der Waals surface area (Å²) in [5, 5.41) is 12.2. The van der Waals surface area contributed by atoms with Gasteiger partial charge in [-0.15, -0.1) is 0 Å². The van der Waals surface area contributed by atoms with Crippen molar-refractivity contribution in [3.63, 3.8) is 0 Å². The van der Waals surface area contributed by atoms with Crippen molar-refractivity contribution < 1.29 is 9.90 Å². The van der Waals surface area contributed by atoms with Crippen molar-refractivity contribution in [2.45, 2.75) is 20.3 Å². The molecule has 0 spiro atoms. The number of anilines is 2. The van der Waals surface area contributed by atoms with E-state index in [0.29, 0.717) is 0 Å². The molecular weight excluding hydrogens is 318 g/mol. The Kier molecular flexibility index (Phi) is 4.45. The molecule has 0 aliphatic rings.